The number of phenolic OH excluding ortho intramolecular Hbond substituents is 1. The van der Waals surface area contributed by atoms with E-state index in [9.17, 15) is 19.5 Å². The first-order valence-electron chi connectivity index (χ1n) is 15.5. The monoisotopic (exact) mass is 754 g/mol. The van der Waals surface area contributed by atoms with Gasteiger partial charge in [0.2, 0.25) is 23.6 Å². The second-order valence-electron chi connectivity index (χ2n) is 12.7. The van der Waals surface area contributed by atoms with E-state index in [1.165, 1.54) is 9.80 Å². The van der Waals surface area contributed by atoms with Crippen molar-refractivity contribution in [2.45, 2.75) is 24.2 Å². The number of rotatable bonds is 4. The third-order valence-corrected chi connectivity index (χ3v) is 11.4. The summed E-state index contributed by atoms with van der Waals surface area (Å²) in [7, 11) is 0. The van der Waals surface area contributed by atoms with Crippen molar-refractivity contribution in [2.75, 3.05) is 9.80 Å². The Kier molecular flexibility index (Phi) is 7.14. The number of benzene rings is 4. The lowest BCUT2D eigenvalue weighted by molar-refractivity contribution is -0.127. The average molecular weight is 755 g/mol. The minimum absolute atomic E-state index is 0.0724. The maximum absolute atomic E-state index is 15.2. The Morgan fingerprint density at radius 2 is 1.47 bits per heavy atom. The van der Waals surface area contributed by atoms with Crippen LogP contribution in [0.15, 0.2) is 115 Å². The highest BCUT2D eigenvalue weighted by atomic mass is 127. The van der Waals surface area contributed by atoms with Gasteiger partial charge in [0.15, 0.2) is 0 Å². The van der Waals surface area contributed by atoms with Crippen LogP contribution >= 0.6 is 34.2 Å². The van der Waals surface area contributed by atoms with Gasteiger partial charge in [0.1, 0.15) is 5.75 Å². The molecule has 2 heterocycles. The number of anilines is 2. The lowest BCUT2D eigenvalue weighted by Gasteiger charge is -2.50. The lowest BCUT2D eigenvalue weighted by atomic mass is 9.49. The summed E-state index contributed by atoms with van der Waals surface area (Å²) in [5, 5.41) is 10.7. The molecule has 3 fully saturated rings. The zero-order valence-electron chi connectivity index (χ0n) is 24.9. The van der Waals surface area contributed by atoms with E-state index in [0.717, 1.165) is 14.7 Å². The SMILES string of the molecule is O=C1[C@H]2[C@H](CC=C3[C@H]2C[C@H]2C(=O)N(c4cccc(Cl)c4)C(=O)[C@@]2(c2ccccc2)[C@H]3c2ccc(O)cc2)C(=O)N1c1ccc(I)cc1. The molecule has 1 saturated carbocycles. The third-order valence-electron chi connectivity index (χ3n) is 10.5. The van der Waals surface area contributed by atoms with Crippen LogP contribution in [0.1, 0.15) is 29.9 Å². The van der Waals surface area contributed by atoms with Crippen molar-refractivity contribution in [1.29, 1.82) is 0 Å². The number of aromatic hydroxyl groups is 1. The number of halogens is 2. The topological polar surface area (TPSA) is 95.0 Å². The number of amides is 4. The molecule has 47 heavy (non-hydrogen) atoms. The molecule has 0 spiro atoms. The number of phenols is 1. The molecule has 4 aromatic rings. The van der Waals surface area contributed by atoms with Crippen LogP contribution in [0.5, 0.6) is 5.75 Å². The molecule has 234 valence electrons. The number of carbonyl (C=O) groups excluding carboxylic acids is 4. The van der Waals surface area contributed by atoms with Crippen LogP contribution in [-0.4, -0.2) is 28.7 Å². The van der Waals surface area contributed by atoms with Crippen molar-refractivity contribution in [3.8, 4) is 5.75 Å². The van der Waals surface area contributed by atoms with E-state index in [0.29, 0.717) is 28.4 Å². The Morgan fingerprint density at radius 1 is 0.745 bits per heavy atom. The molecule has 0 radical (unpaired) electrons. The van der Waals surface area contributed by atoms with Gasteiger partial charge < -0.3 is 5.11 Å². The summed E-state index contributed by atoms with van der Waals surface area (Å²) in [6.07, 6.45) is 2.59. The molecule has 4 amide bonds. The van der Waals surface area contributed by atoms with Crippen molar-refractivity contribution < 1.29 is 24.3 Å². The van der Waals surface area contributed by atoms with Crippen LogP contribution in [0, 0.1) is 27.2 Å². The Morgan fingerprint density at radius 3 is 2.17 bits per heavy atom. The van der Waals surface area contributed by atoms with E-state index in [4.69, 9.17) is 11.6 Å². The number of imide groups is 2. The average Bonchev–Trinajstić information content (AvgIpc) is 3.47. The third kappa shape index (κ3) is 4.37. The molecule has 4 aliphatic rings. The summed E-state index contributed by atoms with van der Waals surface area (Å²) in [5.74, 6) is -4.39. The molecular formula is C38H28ClIN2O5. The number of nitrogens with zero attached hydrogens (tertiary/aromatic N) is 2. The second-order valence-corrected chi connectivity index (χ2v) is 14.4. The van der Waals surface area contributed by atoms with E-state index in [1.807, 2.05) is 48.5 Å². The highest BCUT2D eigenvalue weighted by molar-refractivity contribution is 14.1. The van der Waals surface area contributed by atoms with Gasteiger partial charge in [-0.15, -0.1) is 0 Å². The van der Waals surface area contributed by atoms with E-state index in [1.54, 1.807) is 60.7 Å². The molecule has 2 aliphatic carbocycles. The van der Waals surface area contributed by atoms with E-state index in [-0.39, 0.29) is 35.8 Å². The van der Waals surface area contributed by atoms with Crippen molar-refractivity contribution in [3.63, 3.8) is 0 Å². The van der Waals surface area contributed by atoms with Gasteiger partial charge in [0, 0.05) is 14.5 Å². The molecule has 1 N–H and O–H groups in total. The van der Waals surface area contributed by atoms with E-state index < -0.39 is 35.0 Å². The second kappa shape index (κ2) is 11.2. The van der Waals surface area contributed by atoms with Crippen LogP contribution in [0.25, 0.3) is 0 Å². The molecule has 0 unspecified atom stereocenters. The number of hydrogen-bond acceptors (Lipinski definition) is 5. The summed E-state index contributed by atoms with van der Waals surface area (Å²) in [6.45, 7) is 0. The van der Waals surface area contributed by atoms with Crippen LogP contribution in [0.2, 0.25) is 5.02 Å². The lowest BCUT2D eigenvalue weighted by Crippen LogP contribution is -2.53. The fraction of sp³-hybridized carbons (Fsp3) is 0.211. The summed E-state index contributed by atoms with van der Waals surface area (Å²) in [5.41, 5.74) is 1.87. The first-order chi connectivity index (χ1) is 22.7. The highest BCUT2D eigenvalue weighted by Gasteiger charge is 2.70. The van der Waals surface area contributed by atoms with E-state index >= 15 is 4.79 Å². The Labute approximate surface area is 290 Å². The quantitative estimate of drug-likeness (QED) is 0.137. The zero-order chi connectivity index (χ0) is 32.6. The van der Waals surface area contributed by atoms with Gasteiger partial charge in [-0.05, 0) is 107 Å². The first kappa shape index (κ1) is 30.1. The summed E-state index contributed by atoms with van der Waals surface area (Å²) in [4.78, 5) is 60.7. The van der Waals surface area contributed by atoms with Gasteiger partial charge in [0.05, 0.1) is 34.5 Å². The van der Waals surface area contributed by atoms with Crippen molar-refractivity contribution in [3.05, 3.63) is 134 Å². The predicted octanol–water partition coefficient (Wildman–Crippen LogP) is 7.02. The fourth-order valence-electron chi connectivity index (χ4n) is 8.63. The molecule has 6 atom stereocenters. The number of fused-ring (bicyclic) bond motifs is 4. The molecule has 9 heteroatoms. The number of carbonyl (C=O) groups is 4. The molecule has 4 aromatic carbocycles. The summed E-state index contributed by atoms with van der Waals surface area (Å²) < 4.78 is 0.988. The predicted molar refractivity (Wildman–Crippen MR) is 186 cm³/mol. The minimum atomic E-state index is -1.35. The minimum Gasteiger partial charge on any atom is -0.508 e. The zero-order valence-corrected chi connectivity index (χ0v) is 27.8. The van der Waals surface area contributed by atoms with Gasteiger partial charge in [-0.3, -0.25) is 24.1 Å². The molecule has 2 saturated heterocycles. The van der Waals surface area contributed by atoms with Crippen LogP contribution in [0.4, 0.5) is 11.4 Å². The van der Waals surface area contributed by atoms with Crippen LogP contribution in [0.3, 0.4) is 0 Å². The number of allylic oxidation sites excluding steroid dienone is 2. The van der Waals surface area contributed by atoms with Gasteiger partial charge in [-0.1, -0.05) is 71.8 Å². The van der Waals surface area contributed by atoms with Crippen molar-refractivity contribution in [1.82, 2.24) is 0 Å². The highest BCUT2D eigenvalue weighted by Crippen LogP contribution is 2.64. The Bertz CT molecular complexity index is 2000. The molecule has 0 bridgehead atoms. The van der Waals surface area contributed by atoms with Crippen molar-refractivity contribution >= 4 is 69.2 Å². The summed E-state index contributed by atoms with van der Waals surface area (Å²) >= 11 is 8.55. The van der Waals surface area contributed by atoms with Gasteiger partial charge in [-0.2, -0.15) is 0 Å². The maximum Gasteiger partial charge on any atom is 0.246 e. The Hall–Kier alpha value is -4.28. The fourth-order valence-corrected chi connectivity index (χ4v) is 9.17. The summed E-state index contributed by atoms with van der Waals surface area (Å²) in [6, 6.07) is 30.1. The molecule has 2 aliphatic heterocycles. The van der Waals surface area contributed by atoms with Gasteiger partial charge in [0.25, 0.3) is 0 Å². The van der Waals surface area contributed by atoms with Gasteiger partial charge >= 0.3 is 0 Å². The maximum atomic E-state index is 15.2. The molecule has 0 aromatic heterocycles. The Balaban J connectivity index is 1.34. The van der Waals surface area contributed by atoms with Gasteiger partial charge in [-0.25, -0.2) is 4.90 Å². The smallest absolute Gasteiger partial charge is 0.246 e. The molecule has 7 nitrogen and oxygen atoms in total. The standard InChI is InChI=1S/C38H28ClIN2O5/c39-23-7-4-8-26(19-23)42-35(45)31-20-30-28(17-18-29-32(30)36(46)41(34(29)44)25-13-11-24(40)12-14-25)33(21-9-15-27(43)16-10-21)38(31,37(42)47)22-5-2-1-3-6-22/h1-17,19,29-33,43H,18,20H2/t29-,30+,31-,32-,33-,38+/m0/s1. The van der Waals surface area contributed by atoms with E-state index in [2.05, 4.69) is 22.6 Å². The van der Waals surface area contributed by atoms with Crippen LogP contribution in [-0.2, 0) is 24.6 Å². The van der Waals surface area contributed by atoms with Crippen molar-refractivity contribution in [2.24, 2.45) is 23.7 Å². The molecular weight excluding hydrogens is 727 g/mol. The first-order valence-corrected chi connectivity index (χ1v) is 17.0. The largest absolute Gasteiger partial charge is 0.508 e. The van der Waals surface area contributed by atoms with Crippen LogP contribution < -0.4 is 9.80 Å². The normalized spacial score (nSPS) is 28.2. The number of hydrogen-bond donors (Lipinski definition) is 1. The molecule has 8 rings (SSSR count).